The predicted octanol–water partition coefficient (Wildman–Crippen LogP) is 2.59. The van der Waals surface area contributed by atoms with E-state index >= 15 is 0 Å². The Morgan fingerprint density at radius 3 is 2.82 bits per heavy atom. The minimum absolute atomic E-state index is 0.134. The number of aromatic nitrogens is 1. The van der Waals surface area contributed by atoms with Gasteiger partial charge in [-0.2, -0.15) is 5.10 Å². The number of methoxy groups -OCH3 is 1. The van der Waals surface area contributed by atoms with Gasteiger partial charge in [0.15, 0.2) is 0 Å². The monoisotopic (exact) mass is 295 g/mol. The quantitative estimate of drug-likeness (QED) is 0.874. The van der Waals surface area contributed by atoms with Crippen LogP contribution in [0.3, 0.4) is 0 Å². The molecule has 0 radical (unpaired) electrons. The van der Waals surface area contributed by atoms with Gasteiger partial charge in [-0.05, 0) is 24.3 Å². The summed E-state index contributed by atoms with van der Waals surface area (Å²) in [6, 6.07) is 11.2. The maximum atomic E-state index is 12.5. The van der Waals surface area contributed by atoms with Crippen molar-refractivity contribution in [2.75, 3.05) is 13.7 Å². The normalized spacial score (nSPS) is 17.3. The van der Waals surface area contributed by atoms with Gasteiger partial charge in [0, 0.05) is 23.9 Å². The lowest BCUT2D eigenvalue weighted by molar-refractivity contribution is 0.0769. The lowest BCUT2D eigenvalue weighted by Crippen LogP contribution is -2.25. The topological polar surface area (TPSA) is 54.8 Å². The molecule has 1 aromatic carbocycles. The second-order valence-corrected chi connectivity index (χ2v) is 5.22. The molecular formula is C17H17N3O2. The van der Waals surface area contributed by atoms with Gasteiger partial charge in [-0.1, -0.05) is 19.1 Å². The first kappa shape index (κ1) is 14.3. The molecule has 1 unspecified atom stereocenters. The van der Waals surface area contributed by atoms with Crippen molar-refractivity contribution >= 4 is 11.6 Å². The van der Waals surface area contributed by atoms with Crippen LogP contribution < -0.4 is 4.74 Å². The Hall–Kier alpha value is -2.69. The van der Waals surface area contributed by atoms with Gasteiger partial charge >= 0.3 is 0 Å². The molecule has 0 bridgehead atoms. The second kappa shape index (κ2) is 5.97. The van der Waals surface area contributed by atoms with E-state index in [2.05, 4.69) is 17.0 Å². The van der Waals surface area contributed by atoms with Crippen LogP contribution in [0.15, 0.2) is 53.9 Å². The Labute approximate surface area is 129 Å². The number of carbonyl (C=O) groups is 1. The van der Waals surface area contributed by atoms with E-state index in [0.29, 0.717) is 12.1 Å². The average molecular weight is 295 g/mol. The van der Waals surface area contributed by atoms with E-state index in [-0.39, 0.29) is 11.8 Å². The minimum atomic E-state index is -0.134. The number of hydrogen-bond donors (Lipinski definition) is 0. The highest BCUT2D eigenvalue weighted by Crippen LogP contribution is 2.26. The van der Waals surface area contributed by atoms with Gasteiger partial charge in [0.2, 0.25) is 0 Å². The van der Waals surface area contributed by atoms with E-state index in [1.54, 1.807) is 31.6 Å². The third-order valence-corrected chi connectivity index (χ3v) is 3.67. The van der Waals surface area contributed by atoms with Crippen LogP contribution in [0.1, 0.15) is 22.8 Å². The average Bonchev–Trinajstić information content (AvgIpc) is 2.96. The molecule has 1 atom stereocenters. The molecule has 5 nitrogen and oxygen atoms in total. The largest absolute Gasteiger partial charge is 0.496 e. The highest BCUT2D eigenvalue weighted by atomic mass is 16.5. The smallest absolute Gasteiger partial charge is 0.275 e. The number of amides is 1. The number of nitrogens with zero attached hydrogens (tertiary/aromatic N) is 3. The Morgan fingerprint density at radius 1 is 1.27 bits per heavy atom. The molecule has 3 rings (SSSR count). The maximum Gasteiger partial charge on any atom is 0.275 e. The molecule has 0 saturated heterocycles. The molecule has 5 heteroatoms. The zero-order valence-corrected chi connectivity index (χ0v) is 12.6. The third-order valence-electron chi connectivity index (χ3n) is 3.67. The highest BCUT2D eigenvalue weighted by molar-refractivity contribution is 6.07. The standard InChI is InChI=1S/C17H17N3O2/c1-12-11-20(17(21)13-6-5-9-18-10-13)19-16(12)14-7-3-4-8-15(14)22-2/h3-10,12H,11H2,1-2H3. The zero-order chi connectivity index (χ0) is 15.5. The zero-order valence-electron chi connectivity index (χ0n) is 12.6. The number of pyridine rings is 1. The van der Waals surface area contributed by atoms with Crippen molar-refractivity contribution in [3.05, 3.63) is 59.9 Å². The first-order chi connectivity index (χ1) is 10.7. The number of benzene rings is 1. The van der Waals surface area contributed by atoms with Crippen molar-refractivity contribution in [1.29, 1.82) is 0 Å². The summed E-state index contributed by atoms with van der Waals surface area (Å²) in [5, 5.41) is 6.02. The molecule has 22 heavy (non-hydrogen) atoms. The molecule has 1 aromatic heterocycles. The van der Waals surface area contributed by atoms with Gasteiger partial charge in [0.1, 0.15) is 5.75 Å². The summed E-state index contributed by atoms with van der Waals surface area (Å²) in [6.07, 6.45) is 3.20. The Balaban J connectivity index is 1.92. The van der Waals surface area contributed by atoms with Crippen molar-refractivity contribution < 1.29 is 9.53 Å². The van der Waals surface area contributed by atoms with Gasteiger partial charge < -0.3 is 4.74 Å². The fourth-order valence-electron chi connectivity index (χ4n) is 2.56. The van der Waals surface area contributed by atoms with Crippen LogP contribution in [0.2, 0.25) is 0 Å². The molecule has 0 fully saturated rings. The minimum Gasteiger partial charge on any atom is -0.496 e. The van der Waals surface area contributed by atoms with Gasteiger partial charge in [-0.3, -0.25) is 9.78 Å². The molecule has 112 valence electrons. The van der Waals surface area contributed by atoms with Crippen LogP contribution in [0, 0.1) is 5.92 Å². The summed E-state index contributed by atoms with van der Waals surface area (Å²) in [6.45, 7) is 2.61. The highest BCUT2D eigenvalue weighted by Gasteiger charge is 2.29. The number of rotatable bonds is 3. The molecule has 0 N–H and O–H groups in total. The van der Waals surface area contributed by atoms with E-state index in [1.165, 1.54) is 5.01 Å². The Bertz CT molecular complexity index is 713. The van der Waals surface area contributed by atoms with Crippen LogP contribution in [-0.4, -0.2) is 35.3 Å². The number of hydrazone groups is 1. The molecule has 0 aliphatic carbocycles. The number of carbonyl (C=O) groups excluding carboxylic acids is 1. The fourth-order valence-corrected chi connectivity index (χ4v) is 2.56. The first-order valence-electron chi connectivity index (χ1n) is 7.14. The molecule has 0 saturated carbocycles. The maximum absolute atomic E-state index is 12.5. The van der Waals surface area contributed by atoms with Crippen molar-refractivity contribution in [3.63, 3.8) is 0 Å². The van der Waals surface area contributed by atoms with Crippen molar-refractivity contribution in [2.24, 2.45) is 11.0 Å². The Morgan fingerprint density at radius 2 is 2.09 bits per heavy atom. The summed E-state index contributed by atoms with van der Waals surface area (Å²) in [5.41, 5.74) is 2.34. The molecule has 1 aliphatic rings. The van der Waals surface area contributed by atoms with Crippen LogP contribution in [0.5, 0.6) is 5.75 Å². The molecule has 1 amide bonds. The van der Waals surface area contributed by atoms with E-state index in [1.807, 2.05) is 24.3 Å². The third kappa shape index (κ3) is 2.57. The van der Waals surface area contributed by atoms with Gasteiger partial charge in [0.25, 0.3) is 5.91 Å². The summed E-state index contributed by atoms with van der Waals surface area (Å²) in [5.74, 6) is 0.783. The number of hydrogen-bond acceptors (Lipinski definition) is 4. The molecular weight excluding hydrogens is 278 g/mol. The second-order valence-electron chi connectivity index (χ2n) is 5.22. The lowest BCUT2D eigenvalue weighted by atomic mass is 9.98. The van der Waals surface area contributed by atoms with E-state index in [0.717, 1.165) is 17.0 Å². The van der Waals surface area contributed by atoms with E-state index in [4.69, 9.17) is 4.74 Å². The van der Waals surface area contributed by atoms with Crippen LogP contribution in [-0.2, 0) is 0 Å². The summed E-state index contributed by atoms with van der Waals surface area (Å²) in [7, 11) is 1.64. The van der Waals surface area contributed by atoms with Gasteiger partial charge in [-0.15, -0.1) is 0 Å². The Kier molecular flexibility index (Phi) is 3.87. The summed E-state index contributed by atoms with van der Waals surface area (Å²) >= 11 is 0. The first-order valence-corrected chi connectivity index (χ1v) is 7.14. The molecule has 1 aliphatic heterocycles. The van der Waals surface area contributed by atoms with Crippen molar-refractivity contribution in [3.8, 4) is 5.75 Å². The van der Waals surface area contributed by atoms with Crippen LogP contribution in [0.4, 0.5) is 0 Å². The number of para-hydroxylation sites is 1. The van der Waals surface area contributed by atoms with Crippen molar-refractivity contribution in [2.45, 2.75) is 6.92 Å². The SMILES string of the molecule is COc1ccccc1C1=NN(C(=O)c2cccnc2)CC1C. The van der Waals surface area contributed by atoms with Gasteiger partial charge in [-0.25, -0.2) is 5.01 Å². The lowest BCUT2D eigenvalue weighted by Gasteiger charge is -2.11. The predicted molar refractivity (Wildman–Crippen MR) is 84.0 cm³/mol. The van der Waals surface area contributed by atoms with E-state index < -0.39 is 0 Å². The van der Waals surface area contributed by atoms with Crippen LogP contribution in [0.25, 0.3) is 0 Å². The van der Waals surface area contributed by atoms with E-state index in [9.17, 15) is 4.79 Å². The van der Waals surface area contributed by atoms with Crippen LogP contribution >= 0.6 is 0 Å². The molecule has 0 spiro atoms. The molecule has 2 heterocycles. The number of ether oxygens (including phenoxy) is 1. The summed E-state index contributed by atoms with van der Waals surface area (Å²) < 4.78 is 5.39. The van der Waals surface area contributed by atoms with Crippen molar-refractivity contribution in [1.82, 2.24) is 9.99 Å². The summed E-state index contributed by atoms with van der Waals surface area (Å²) in [4.78, 5) is 16.5. The van der Waals surface area contributed by atoms with Gasteiger partial charge in [0.05, 0.1) is 24.9 Å². The fraction of sp³-hybridized carbons (Fsp3) is 0.235. The molecule has 2 aromatic rings.